The highest BCUT2D eigenvalue weighted by atomic mass is 127. The first kappa shape index (κ1) is 10.5. The lowest BCUT2D eigenvalue weighted by Gasteiger charge is -2.13. The zero-order valence-corrected chi connectivity index (χ0v) is 7.64. The average molecular weight is 266 g/mol. The standard InChI is InChI=1S/C5H9F2IO2/c1-5(6,7)10-3-4(9)2-8/h4,9H,2-3H2,1H3. The SMILES string of the molecule is CC(F)(F)OCC(O)CI. The lowest BCUT2D eigenvalue weighted by molar-refractivity contribution is -0.233. The molecule has 0 rings (SSSR count). The molecule has 0 aliphatic carbocycles. The van der Waals surface area contributed by atoms with Crippen molar-refractivity contribution < 1.29 is 18.6 Å². The number of aliphatic hydroxyl groups is 1. The third kappa shape index (κ3) is 6.63. The number of alkyl halides is 3. The van der Waals surface area contributed by atoms with Gasteiger partial charge in [-0.15, -0.1) is 0 Å². The predicted molar refractivity (Wildman–Crippen MR) is 41.5 cm³/mol. The highest BCUT2D eigenvalue weighted by molar-refractivity contribution is 14.1. The highest BCUT2D eigenvalue weighted by Gasteiger charge is 2.22. The quantitative estimate of drug-likeness (QED) is 0.615. The molecule has 0 aliphatic heterocycles. The second-order valence-corrected chi connectivity index (χ2v) is 2.81. The van der Waals surface area contributed by atoms with Crippen LogP contribution in [0, 0.1) is 0 Å². The Hall–Kier alpha value is 0.510. The van der Waals surface area contributed by atoms with Gasteiger partial charge in [0.15, 0.2) is 0 Å². The third-order valence-corrected chi connectivity index (χ3v) is 1.72. The zero-order chi connectivity index (χ0) is 8.20. The summed E-state index contributed by atoms with van der Waals surface area (Å²) < 4.78 is 28.2. The lowest BCUT2D eigenvalue weighted by atomic mass is 10.4. The molecule has 0 aromatic heterocycles. The van der Waals surface area contributed by atoms with E-state index in [4.69, 9.17) is 5.11 Å². The molecule has 0 radical (unpaired) electrons. The van der Waals surface area contributed by atoms with E-state index < -0.39 is 12.2 Å². The van der Waals surface area contributed by atoms with Gasteiger partial charge in [-0.3, -0.25) is 0 Å². The van der Waals surface area contributed by atoms with Crippen LogP contribution >= 0.6 is 22.6 Å². The Morgan fingerprint density at radius 3 is 2.50 bits per heavy atom. The van der Waals surface area contributed by atoms with Gasteiger partial charge >= 0.3 is 6.11 Å². The normalized spacial score (nSPS) is 15.3. The molecule has 1 N–H and O–H groups in total. The number of hydrogen-bond donors (Lipinski definition) is 1. The van der Waals surface area contributed by atoms with Crippen LogP contribution in [0.1, 0.15) is 6.92 Å². The molecule has 0 fully saturated rings. The number of aliphatic hydroxyl groups excluding tert-OH is 1. The van der Waals surface area contributed by atoms with Gasteiger partial charge in [0.2, 0.25) is 0 Å². The van der Waals surface area contributed by atoms with Crippen molar-refractivity contribution >= 4 is 22.6 Å². The Morgan fingerprint density at radius 2 is 2.20 bits per heavy atom. The molecule has 1 atom stereocenters. The molecule has 0 aromatic carbocycles. The zero-order valence-electron chi connectivity index (χ0n) is 5.48. The lowest BCUT2D eigenvalue weighted by Crippen LogP contribution is -2.24. The first-order chi connectivity index (χ1) is 4.45. The topological polar surface area (TPSA) is 29.5 Å². The smallest absolute Gasteiger partial charge is 0.353 e. The van der Waals surface area contributed by atoms with E-state index in [9.17, 15) is 8.78 Å². The van der Waals surface area contributed by atoms with Crippen molar-refractivity contribution in [2.45, 2.75) is 19.1 Å². The molecule has 1 unspecified atom stereocenters. The summed E-state index contributed by atoms with van der Waals surface area (Å²) in [5.41, 5.74) is 0. The van der Waals surface area contributed by atoms with Gasteiger partial charge in [-0.05, 0) is 0 Å². The molecule has 0 spiro atoms. The van der Waals surface area contributed by atoms with E-state index in [0.717, 1.165) is 0 Å². The molecule has 0 saturated heterocycles. The van der Waals surface area contributed by atoms with E-state index in [1.807, 2.05) is 22.6 Å². The van der Waals surface area contributed by atoms with Crippen LogP contribution in [-0.2, 0) is 4.74 Å². The number of rotatable bonds is 4. The molecule has 0 amide bonds. The number of hydrogen-bond acceptors (Lipinski definition) is 2. The summed E-state index contributed by atoms with van der Waals surface area (Å²) >= 11 is 1.89. The summed E-state index contributed by atoms with van der Waals surface area (Å²) in [6.45, 7) is 0.333. The summed E-state index contributed by atoms with van der Waals surface area (Å²) in [5, 5.41) is 8.76. The highest BCUT2D eigenvalue weighted by Crippen LogP contribution is 2.13. The molecule has 5 heteroatoms. The van der Waals surface area contributed by atoms with Crippen LogP contribution in [0.25, 0.3) is 0 Å². The van der Waals surface area contributed by atoms with Crippen molar-refractivity contribution in [2.24, 2.45) is 0 Å². The Labute approximate surface area is 71.7 Å². The molecule has 0 saturated carbocycles. The minimum atomic E-state index is -3.13. The summed E-state index contributed by atoms with van der Waals surface area (Å²) in [5.74, 6) is 0. The van der Waals surface area contributed by atoms with Crippen LogP contribution in [0.3, 0.4) is 0 Å². The molecular formula is C5H9F2IO2. The van der Waals surface area contributed by atoms with E-state index in [1.165, 1.54) is 0 Å². The van der Waals surface area contributed by atoms with Crippen LogP contribution in [0.5, 0.6) is 0 Å². The van der Waals surface area contributed by atoms with Crippen molar-refractivity contribution in [3.05, 3.63) is 0 Å². The Balaban J connectivity index is 3.36. The van der Waals surface area contributed by atoms with Gasteiger partial charge in [0.25, 0.3) is 0 Å². The minimum Gasteiger partial charge on any atom is -0.390 e. The summed E-state index contributed by atoms with van der Waals surface area (Å²) in [4.78, 5) is 0. The molecule has 10 heavy (non-hydrogen) atoms. The van der Waals surface area contributed by atoms with Crippen molar-refractivity contribution in [3.63, 3.8) is 0 Å². The molecular weight excluding hydrogens is 257 g/mol. The molecule has 62 valence electrons. The predicted octanol–water partition coefficient (Wildman–Crippen LogP) is 1.41. The fourth-order valence-electron chi connectivity index (χ4n) is 0.287. The maximum Gasteiger partial charge on any atom is 0.353 e. The molecule has 0 bridgehead atoms. The summed E-state index contributed by atoms with van der Waals surface area (Å²) in [6.07, 6.45) is -3.93. The summed E-state index contributed by atoms with van der Waals surface area (Å²) in [6, 6.07) is 0. The molecule has 0 heterocycles. The number of ether oxygens (including phenoxy) is 1. The van der Waals surface area contributed by atoms with E-state index in [0.29, 0.717) is 11.4 Å². The first-order valence-electron chi connectivity index (χ1n) is 2.71. The van der Waals surface area contributed by atoms with Gasteiger partial charge in [0, 0.05) is 11.4 Å². The van der Waals surface area contributed by atoms with Crippen molar-refractivity contribution in [1.29, 1.82) is 0 Å². The molecule has 0 aliphatic rings. The van der Waals surface area contributed by atoms with Crippen molar-refractivity contribution in [2.75, 3.05) is 11.0 Å². The molecule has 0 aromatic rings. The third-order valence-electron chi connectivity index (χ3n) is 0.707. The Bertz CT molecular complexity index is 94.1. The van der Waals surface area contributed by atoms with Gasteiger partial charge in [0.05, 0.1) is 12.7 Å². The van der Waals surface area contributed by atoms with Gasteiger partial charge in [-0.1, -0.05) is 22.6 Å². The van der Waals surface area contributed by atoms with Gasteiger partial charge in [-0.2, -0.15) is 8.78 Å². The first-order valence-corrected chi connectivity index (χ1v) is 4.24. The fourth-order valence-corrected chi connectivity index (χ4v) is 0.541. The minimum absolute atomic E-state index is 0.313. The largest absolute Gasteiger partial charge is 0.390 e. The second kappa shape index (κ2) is 4.40. The van der Waals surface area contributed by atoms with Gasteiger partial charge in [0.1, 0.15) is 0 Å². The maximum absolute atomic E-state index is 11.9. The molecule has 2 nitrogen and oxygen atoms in total. The summed E-state index contributed by atoms with van der Waals surface area (Å²) in [7, 11) is 0. The maximum atomic E-state index is 11.9. The van der Waals surface area contributed by atoms with Crippen LogP contribution in [-0.4, -0.2) is 28.4 Å². The van der Waals surface area contributed by atoms with Crippen LogP contribution in [0.4, 0.5) is 8.78 Å². The van der Waals surface area contributed by atoms with E-state index >= 15 is 0 Å². The van der Waals surface area contributed by atoms with Crippen LogP contribution in [0.2, 0.25) is 0 Å². The van der Waals surface area contributed by atoms with E-state index in [1.54, 1.807) is 0 Å². The fraction of sp³-hybridized carbons (Fsp3) is 1.00. The van der Waals surface area contributed by atoms with Crippen molar-refractivity contribution in [1.82, 2.24) is 0 Å². The average Bonchev–Trinajstić information content (AvgIpc) is 1.81. The Morgan fingerprint density at radius 1 is 1.70 bits per heavy atom. The van der Waals surface area contributed by atoms with Crippen LogP contribution in [0.15, 0.2) is 0 Å². The number of halogens is 3. The second-order valence-electron chi connectivity index (χ2n) is 1.93. The monoisotopic (exact) mass is 266 g/mol. The van der Waals surface area contributed by atoms with E-state index in [2.05, 4.69) is 4.74 Å². The van der Waals surface area contributed by atoms with Crippen LogP contribution < -0.4 is 0 Å². The van der Waals surface area contributed by atoms with Gasteiger partial charge < -0.3 is 9.84 Å². The Kier molecular flexibility index (Phi) is 4.63. The van der Waals surface area contributed by atoms with Gasteiger partial charge in [-0.25, -0.2) is 0 Å². The van der Waals surface area contributed by atoms with Crippen molar-refractivity contribution in [3.8, 4) is 0 Å². The van der Waals surface area contributed by atoms with E-state index in [-0.39, 0.29) is 6.61 Å².